The lowest BCUT2D eigenvalue weighted by atomic mass is 9.80. The molecule has 27 heavy (non-hydrogen) atoms. The Bertz CT molecular complexity index is 809. The first kappa shape index (κ1) is 18.7. The second-order valence-electron chi connectivity index (χ2n) is 6.53. The van der Waals surface area contributed by atoms with Crippen molar-refractivity contribution in [1.29, 1.82) is 0 Å². The number of alkyl carbamates (subject to hydrolysis) is 1. The fraction of sp³-hybridized carbons (Fsp3) is 0.300. The van der Waals surface area contributed by atoms with E-state index in [1.54, 1.807) is 38.3 Å². The number of benzene rings is 2. The molecule has 0 spiro atoms. The minimum absolute atomic E-state index is 0.103. The van der Waals surface area contributed by atoms with Gasteiger partial charge in [-0.2, -0.15) is 0 Å². The van der Waals surface area contributed by atoms with Crippen LogP contribution in [-0.4, -0.2) is 42.4 Å². The van der Waals surface area contributed by atoms with Crippen LogP contribution in [0.4, 0.5) is 10.5 Å². The van der Waals surface area contributed by atoms with Crippen LogP contribution in [0.3, 0.4) is 0 Å². The van der Waals surface area contributed by atoms with E-state index < -0.39 is 17.7 Å². The molecule has 0 aliphatic carbocycles. The summed E-state index contributed by atoms with van der Waals surface area (Å²) in [4.78, 5) is 26.2. The van der Waals surface area contributed by atoms with Crippen LogP contribution in [0.2, 0.25) is 0 Å². The summed E-state index contributed by atoms with van der Waals surface area (Å²) >= 11 is 0. The van der Waals surface area contributed by atoms with Crippen LogP contribution in [0.15, 0.2) is 54.6 Å². The average molecular weight is 370 g/mol. The number of β-lactam (4-membered cyclic amide) rings is 1. The van der Waals surface area contributed by atoms with Crippen LogP contribution in [0.25, 0.3) is 0 Å². The van der Waals surface area contributed by atoms with Gasteiger partial charge in [-0.05, 0) is 36.8 Å². The number of aliphatic hydroxyl groups excluding tert-OH is 1. The molecule has 7 heteroatoms. The quantitative estimate of drug-likeness (QED) is 0.760. The summed E-state index contributed by atoms with van der Waals surface area (Å²) in [5.41, 5.74) is 0.502. The Morgan fingerprint density at radius 3 is 2.44 bits per heavy atom. The summed E-state index contributed by atoms with van der Waals surface area (Å²) in [6.07, 6.45) is -0.703. The Morgan fingerprint density at radius 2 is 1.85 bits per heavy atom. The monoisotopic (exact) mass is 370 g/mol. The normalized spacial score (nSPS) is 21.4. The number of carbonyl (C=O) groups excluding carboxylic acids is 2. The highest BCUT2D eigenvalue weighted by molar-refractivity contribution is 6.08. The van der Waals surface area contributed by atoms with Crippen molar-refractivity contribution < 1.29 is 24.2 Å². The van der Waals surface area contributed by atoms with Crippen LogP contribution < -0.4 is 15.0 Å². The summed E-state index contributed by atoms with van der Waals surface area (Å²) in [6.45, 7) is 1.50. The molecule has 0 radical (unpaired) electrons. The van der Waals surface area contributed by atoms with Gasteiger partial charge in [0.15, 0.2) is 0 Å². The van der Waals surface area contributed by atoms with Gasteiger partial charge in [-0.15, -0.1) is 0 Å². The number of amides is 2. The number of nitrogens with zero attached hydrogens (tertiary/aromatic N) is 1. The third kappa shape index (κ3) is 3.59. The number of rotatable bonds is 6. The minimum Gasteiger partial charge on any atom is -0.497 e. The average Bonchev–Trinajstić information content (AvgIpc) is 2.71. The fourth-order valence-corrected chi connectivity index (χ4v) is 3.13. The van der Waals surface area contributed by atoms with Gasteiger partial charge in [0.25, 0.3) is 5.91 Å². The summed E-state index contributed by atoms with van der Waals surface area (Å²) in [7, 11) is 1.56. The van der Waals surface area contributed by atoms with Gasteiger partial charge < -0.3 is 19.9 Å². The highest BCUT2D eigenvalue weighted by Crippen LogP contribution is 2.37. The van der Waals surface area contributed by atoms with E-state index in [1.165, 1.54) is 4.90 Å². The van der Waals surface area contributed by atoms with Gasteiger partial charge in [-0.25, -0.2) is 4.79 Å². The smallest absolute Gasteiger partial charge is 0.408 e. The standard InChI is InChI=1S/C20H22N2O5/c1-20(13-23)17(21-19(25)27-12-14-6-4-3-5-7-14)18(24)22(20)15-8-10-16(26-2)11-9-15/h3-11,17,23H,12-13H2,1-2H3,(H,21,25)/t17-,20-/m1/s1. The second kappa shape index (κ2) is 7.67. The van der Waals surface area contributed by atoms with Gasteiger partial charge >= 0.3 is 6.09 Å². The summed E-state index contributed by atoms with van der Waals surface area (Å²) in [5, 5.41) is 12.4. The van der Waals surface area contributed by atoms with E-state index in [0.29, 0.717) is 11.4 Å². The third-order valence-electron chi connectivity index (χ3n) is 4.73. The lowest BCUT2D eigenvalue weighted by molar-refractivity contribution is -0.132. The number of hydrogen-bond donors (Lipinski definition) is 2. The zero-order valence-electron chi connectivity index (χ0n) is 15.2. The first-order valence-corrected chi connectivity index (χ1v) is 8.56. The van der Waals surface area contributed by atoms with Crippen molar-refractivity contribution in [2.75, 3.05) is 18.6 Å². The van der Waals surface area contributed by atoms with E-state index in [0.717, 1.165) is 5.56 Å². The second-order valence-corrected chi connectivity index (χ2v) is 6.53. The third-order valence-corrected chi connectivity index (χ3v) is 4.73. The first-order valence-electron chi connectivity index (χ1n) is 8.56. The molecule has 1 fully saturated rings. The van der Waals surface area contributed by atoms with Crippen molar-refractivity contribution in [1.82, 2.24) is 5.32 Å². The van der Waals surface area contributed by atoms with Crippen molar-refractivity contribution in [3.05, 3.63) is 60.2 Å². The molecular weight excluding hydrogens is 348 g/mol. The maximum atomic E-state index is 12.6. The number of ether oxygens (including phenoxy) is 2. The molecule has 2 atom stereocenters. The first-order chi connectivity index (χ1) is 13.0. The molecule has 2 aromatic carbocycles. The van der Waals surface area contributed by atoms with Crippen LogP contribution in [-0.2, 0) is 16.1 Å². The van der Waals surface area contributed by atoms with Crippen molar-refractivity contribution >= 4 is 17.7 Å². The molecule has 3 rings (SSSR count). The Labute approximate surface area is 157 Å². The Kier molecular flexibility index (Phi) is 5.32. The van der Waals surface area contributed by atoms with Crippen molar-refractivity contribution in [2.24, 2.45) is 0 Å². The largest absolute Gasteiger partial charge is 0.497 e. The van der Waals surface area contributed by atoms with E-state index >= 15 is 0 Å². The molecule has 0 saturated carbocycles. The fourth-order valence-electron chi connectivity index (χ4n) is 3.13. The maximum absolute atomic E-state index is 12.6. The molecule has 7 nitrogen and oxygen atoms in total. The summed E-state index contributed by atoms with van der Waals surface area (Å²) in [6, 6.07) is 15.3. The van der Waals surface area contributed by atoms with Gasteiger partial charge in [0.05, 0.1) is 19.3 Å². The lowest BCUT2D eigenvalue weighted by Gasteiger charge is -2.54. The molecular formula is C20H22N2O5. The molecule has 0 aromatic heterocycles. The predicted octanol–water partition coefficient (Wildman–Crippen LogP) is 2.09. The summed E-state index contributed by atoms with van der Waals surface area (Å²) in [5.74, 6) is 0.352. The van der Waals surface area contributed by atoms with Crippen LogP contribution in [0.5, 0.6) is 5.75 Å². The Morgan fingerprint density at radius 1 is 1.19 bits per heavy atom. The minimum atomic E-state index is -0.961. The Balaban J connectivity index is 1.65. The van der Waals surface area contributed by atoms with Gasteiger partial charge in [0.2, 0.25) is 0 Å². The molecule has 2 amide bonds. The highest BCUT2D eigenvalue weighted by atomic mass is 16.5. The number of anilines is 1. The van der Waals surface area contributed by atoms with E-state index in [9.17, 15) is 14.7 Å². The SMILES string of the molecule is COc1ccc(N2C(=O)[C@@H](NC(=O)OCc3ccccc3)[C@@]2(C)CO)cc1. The molecule has 1 saturated heterocycles. The van der Waals surface area contributed by atoms with Gasteiger partial charge in [0, 0.05) is 5.69 Å². The number of hydrogen-bond acceptors (Lipinski definition) is 5. The lowest BCUT2D eigenvalue weighted by Crippen LogP contribution is -2.80. The van der Waals surface area contributed by atoms with E-state index in [1.807, 2.05) is 30.3 Å². The molecule has 2 N–H and O–H groups in total. The summed E-state index contributed by atoms with van der Waals surface area (Å²) < 4.78 is 10.3. The van der Waals surface area contributed by atoms with Crippen molar-refractivity contribution in [3.8, 4) is 5.75 Å². The number of carbonyl (C=O) groups is 2. The van der Waals surface area contributed by atoms with Gasteiger partial charge in [0.1, 0.15) is 18.4 Å². The van der Waals surface area contributed by atoms with Crippen LogP contribution in [0, 0.1) is 0 Å². The van der Waals surface area contributed by atoms with Crippen LogP contribution in [0.1, 0.15) is 12.5 Å². The highest BCUT2D eigenvalue weighted by Gasteiger charge is 2.58. The van der Waals surface area contributed by atoms with E-state index in [2.05, 4.69) is 5.32 Å². The molecule has 0 unspecified atom stereocenters. The Hall–Kier alpha value is -3.06. The van der Waals surface area contributed by atoms with E-state index in [4.69, 9.17) is 9.47 Å². The number of aliphatic hydroxyl groups is 1. The van der Waals surface area contributed by atoms with E-state index in [-0.39, 0.29) is 19.1 Å². The molecule has 1 aliphatic heterocycles. The maximum Gasteiger partial charge on any atom is 0.408 e. The zero-order chi connectivity index (χ0) is 19.4. The molecule has 1 heterocycles. The number of methoxy groups -OCH3 is 1. The topological polar surface area (TPSA) is 88.1 Å². The molecule has 0 bridgehead atoms. The predicted molar refractivity (Wildman–Crippen MR) is 99.5 cm³/mol. The molecule has 142 valence electrons. The van der Waals surface area contributed by atoms with Crippen LogP contribution >= 0.6 is 0 Å². The van der Waals surface area contributed by atoms with Gasteiger partial charge in [-0.3, -0.25) is 9.69 Å². The zero-order valence-corrected chi connectivity index (χ0v) is 15.2. The number of nitrogens with one attached hydrogen (secondary N) is 1. The van der Waals surface area contributed by atoms with Crippen molar-refractivity contribution in [2.45, 2.75) is 25.1 Å². The van der Waals surface area contributed by atoms with Gasteiger partial charge in [-0.1, -0.05) is 30.3 Å². The van der Waals surface area contributed by atoms with Crippen molar-refractivity contribution in [3.63, 3.8) is 0 Å². The molecule has 2 aromatic rings. The molecule has 1 aliphatic rings.